The number of ketones is 1. The fourth-order valence-electron chi connectivity index (χ4n) is 3.21. The second-order valence-electron chi connectivity index (χ2n) is 6.78. The fourth-order valence-corrected chi connectivity index (χ4v) is 3.21. The van der Waals surface area contributed by atoms with Crippen molar-refractivity contribution in [2.75, 3.05) is 25.7 Å². The summed E-state index contributed by atoms with van der Waals surface area (Å²) in [4.78, 5) is 39.0. The molecule has 0 spiro atoms. The number of hydrogen-bond acceptors (Lipinski definition) is 6. The van der Waals surface area contributed by atoms with E-state index in [1.165, 1.54) is 11.8 Å². The fraction of sp³-hybridized carbons (Fsp3) is 0.318. The summed E-state index contributed by atoms with van der Waals surface area (Å²) in [7, 11) is 3.09. The molecule has 1 saturated heterocycles. The minimum Gasteiger partial charge on any atom is -0.497 e. The van der Waals surface area contributed by atoms with Crippen molar-refractivity contribution in [2.24, 2.45) is 5.92 Å². The molecule has 0 aromatic heterocycles. The van der Waals surface area contributed by atoms with Gasteiger partial charge in [0.2, 0.25) is 11.7 Å². The van der Waals surface area contributed by atoms with E-state index in [0.29, 0.717) is 22.7 Å². The molecule has 0 bridgehead atoms. The number of anilines is 1. The van der Waals surface area contributed by atoms with Crippen LogP contribution >= 0.6 is 0 Å². The quantitative estimate of drug-likeness (QED) is 0.528. The van der Waals surface area contributed by atoms with E-state index >= 15 is 0 Å². The van der Waals surface area contributed by atoms with Crippen LogP contribution in [0.15, 0.2) is 48.5 Å². The Kier molecular flexibility index (Phi) is 6.16. The average Bonchev–Trinajstić information content (AvgIpc) is 3.15. The molecule has 29 heavy (non-hydrogen) atoms. The highest BCUT2D eigenvalue weighted by Gasteiger charge is 2.37. The van der Waals surface area contributed by atoms with E-state index in [1.807, 2.05) is 0 Å². The highest BCUT2D eigenvalue weighted by molar-refractivity contribution is 6.02. The predicted molar refractivity (Wildman–Crippen MR) is 106 cm³/mol. The summed E-state index contributed by atoms with van der Waals surface area (Å²) >= 11 is 0. The Morgan fingerprint density at radius 1 is 1.03 bits per heavy atom. The largest absolute Gasteiger partial charge is 0.497 e. The Labute approximate surface area is 169 Å². The van der Waals surface area contributed by atoms with E-state index < -0.39 is 18.0 Å². The summed E-state index contributed by atoms with van der Waals surface area (Å²) in [6.07, 6.45) is -0.906. The van der Waals surface area contributed by atoms with E-state index in [1.54, 1.807) is 62.8 Å². The van der Waals surface area contributed by atoms with Crippen LogP contribution in [-0.2, 0) is 14.3 Å². The topological polar surface area (TPSA) is 82.1 Å². The van der Waals surface area contributed by atoms with Gasteiger partial charge in [-0.05, 0) is 43.3 Å². The zero-order chi connectivity index (χ0) is 21.0. The summed E-state index contributed by atoms with van der Waals surface area (Å²) in [5.41, 5.74) is 1.08. The van der Waals surface area contributed by atoms with Crippen molar-refractivity contribution >= 4 is 23.3 Å². The Balaban J connectivity index is 1.62. The highest BCUT2D eigenvalue weighted by Crippen LogP contribution is 2.28. The Morgan fingerprint density at radius 3 is 2.38 bits per heavy atom. The molecule has 0 saturated carbocycles. The van der Waals surface area contributed by atoms with Crippen LogP contribution in [0, 0.1) is 5.92 Å². The molecular weight excluding hydrogens is 374 g/mol. The lowest BCUT2D eigenvalue weighted by Crippen LogP contribution is -2.30. The number of methoxy groups -OCH3 is 2. The van der Waals surface area contributed by atoms with Gasteiger partial charge in [0.15, 0.2) is 6.10 Å². The molecule has 1 heterocycles. The molecule has 152 valence electrons. The number of rotatable bonds is 7. The predicted octanol–water partition coefficient (Wildman–Crippen LogP) is 2.87. The van der Waals surface area contributed by atoms with Gasteiger partial charge in [-0.1, -0.05) is 6.07 Å². The number of amides is 1. The first-order valence-electron chi connectivity index (χ1n) is 9.26. The molecule has 7 nitrogen and oxygen atoms in total. The van der Waals surface area contributed by atoms with Crippen molar-refractivity contribution in [1.29, 1.82) is 0 Å². The minimum atomic E-state index is -0.947. The molecule has 1 fully saturated rings. The zero-order valence-corrected chi connectivity index (χ0v) is 16.6. The Morgan fingerprint density at radius 2 is 1.72 bits per heavy atom. The first-order chi connectivity index (χ1) is 13.9. The highest BCUT2D eigenvalue weighted by atomic mass is 16.5. The van der Waals surface area contributed by atoms with Gasteiger partial charge >= 0.3 is 5.97 Å². The summed E-state index contributed by atoms with van der Waals surface area (Å²) in [5, 5.41) is 0. The van der Waals surface area contributed by atoms with E-state index in [9.17, 15) is 14.4 Å². The normalized spacial score (nSPS) is 17.0. The van der Waals surface area contributed by atoms with Crippen molar-refractivity contribution < 1.29 is 28.6 Å². The van der Waals surface area contributed by atoms with Gasteiger partial charge in [-0.15, -0.1) is 0 Å². The number of carbonyl (C=O) groups excluding carboxylic acids is 3. The molecule has 2 atom stereocenters. The first-order valence-corrected chi connectivity index (χ1v) is 9.26. The van der Waals surface area contributed by atoms with Gasteiger partial charge in [0.05, 0.1) is 20.1 Å². The molecule has 1 aliphatic heterocycles. The average molecular weight is 397 g/mol. The van der Waals surface area contributed by atoms with Gasteiger partial charge in [0.1, 0.15) is 11.5 Å². The Hall–Kier alpha value is -3.35. The van der Waals surface area contributed by atoms with Crippen molar-refractivity contribution in [3.05, 3.63) is 54.1 Å². The van der Waals surface area contributed by atoms with E-state index in [2.05, 4.69) is 0 Å². The van der Waals surface area contributed by atoms with Gasteiger partial charge in [0.25, 0.3) is 0 Å². The maximum Gasteiger partial charge on any atom is 0.312 e. The molecule has 3 rings (SSSR count). The van der Waals surface area contributed by atoms with Gasteiger partial charge in [-0.2, -0.15) is 0 Å². The number of nitrogens with zero attached hydrogens (tertiary/aromatic N) is 1. The van der Waals surface area contributed by atoms with Crippen LogP contribution in [0.1, 0.15) is 23.7 Å². The van der Waals surface area contributed by atoms with Crippen LogP contribution in [0.3, 0.4) is 0 Å². The molecule has 0 radical (unpaired) electrons. The van der Waals surface area contributed by atoms with Crippen LogP contribution < -0.4 is 14.4 Å². The monoisotopic (exact) mass is 397 g/mol. The second-order valence-corrected chi connectivity index (χ2v) is 6.78. The van der Waals surface area contributed by atoms with Crippen molar-refractivity contribution in [1.82, 2.24) is 0 Å². The van der Waals surface area contributed by atoms with E-state index in [4.69, 9.17) is 14.2 Å². The number of esters is 1. The van der Waals surface area contributed by atoms with Crippen LogP contribution in [0.5, 0.6) is 11.5 Å². The first kappa shape index (κ1) is 20.4. The van der Waals surface area contributed by atoms with Crippen LogP contribution in [0.25, 0.3) is 0 Å². The molecule has 1 amide bonds. The van der Waals surface area contributed by atoms with E-state index in [0.717, 1.165) is 0 Å². The SMILES string of the molecule is COc1ccc(C(=O)[C@H](C)OC(=O)[C@@H]2CC(=O)N(c3cccc(OC)c3)C2)cc1. The van der Waals surface area contributed by atoms with Gasteiger partial charge in [-0.3, -0.25) is 14.4 Å². The third-order valence-electron chi connectivity index (χ3n) is 4.86. The molecule has 1 aliphatic rings. The zero-order valence-electron chi connectivity index (χ0n) is 16.6. The van der Waals surface area contributed by atoms with E-state index in [-0.39, 0.29) is 24.7 Å². The van der Waals surface area contributed by atoms with Crippen LogP contribution in [-0.4, -0.2) is 44.5 Å². The lowest BCUT2D eigenvalue weighted by Gasteiger charge is -2.18. The number of ether oxygens (including phenoxy) is 3. The lowest BCUT2D eigenvalue weighted by molar-refractivity contribution is -0.151. The smallest absolute Gasteiger partial charge is 0.312 e. The Bertz CT molecular complexity index is 908. The summed E-state index contributed by atoms with van der Waals surface area (Å²) in [6.45, 7) is 1.73. The van der Waals surface area contributed by atoms with Gasteiger partial charge in [-0.25, -0.2) is 0 Å². The number of carbonyl (C=O) groups is 3. The maximum absolute atomic E-state index is 12.5. The molecule has 2 aromatic rings. The third-order valence-corrected chi connectivity index (χ3v) is 4.86. The van der Waals surface area contributed by atoms with Gasteiger partial charge in [0, 0.05) is 30.3 Å². The van der Waals surface area contributed by atoms with Crippen molar-refractivity contribution in [3.8, 4) is 11.5 Å². The van der Waals surface area contributed by atoms with Crippen molar-refractivity contribution in [2.45, 2.75) is 19.4 Å². The minimum absolute atomic E-state index is 0.0412. The molecule has 0 N–H and O–H groups in total. The summed E-state index contributed by atoms with van der Waals surface area (Å²) in [6, 6.07) is 13.7. The number of hydrogen-bond donors (Lipinski definition) is 0. The molecule has 0 unspecified atom stereocenters. The molecule has 7 heteroatoms. The second kappa shape index (κ2) is 8.77. The maximum atomic E-state index is 12.5. The molecule has 2 aromatic carbocycles. The number of Topliss-reactive ketones (excluding diaryl/α,β-unsaturated/α-hetero) is 1. The summed E-state index contributed by atoms with van der Waals surface area (Å²) < 4.78 is 15.6. The number of benzene rings is 2. The molecule has 0 aliphatic carbocycles. The third kappa shape index (κ3) is 4.56. The van der Waals surface area contributed by atoms with Crippen LogP contribution in [0.2, 0.25) is 0 Å². The standard InChI is InChI=1S/C22H23NO6/c1-14(21(25)15-7-9-18(27-2)10-8-15)29-22(26)16-11-20(24)23(13-16)17-5-4-6-19(12-17)28-3/h4-10,12,14,16H,11,13H2,1-3H3/t14-,16+/m0/s1. The summed E-state index contributed by atoms with van der Waals surface area (Å²) in [5.74, 6) is -0.407. The van der Waals surface area contributed by atoms with Crippen LogP contribution in [0.4, 0.5) is 5.69 Å². The molecular formula is C22H23NO6. The lowest BCUT2D eigenvalue weighted by atomic mass is 10.1. The van der Waals surface area contributed by atoms with Gasteiger partial charge < -0.3 is 19.1 Å². The van der Waals surface area contributed by atoms with Crippen molar-refractivity contribution in [3.63, 3.8) is 0 Å².